The number of carboxylic acid groups (broad SMARTS) is 1. The summed E-state index contributed by atoms with van der Waals surface area (Å²) in [5.41, 5.74) is 0.248. The fourth-order valence-electron chi connectivity index (χ4n) is 1.40. The van der Waals surface area contributed by atoms with Crippen molar-refractivity contribution in [3.63, 3.8) is 0 Å². The summed E-state index contributed by atoms with van der Waals surface area (Å²) in [6.07, 6.45) is 0. The third-order valence-electron chi connectivity index (χ3n) is 2.01. The molecule has 2 rings (SSSR count). The Balaban J connectivity index is 0.000000583. The van der Waals surface area contributed by atoms with Crippen LogP contribution in [0.4, 0.5) is 0 Å². The molecule has 92 valence electrons. The minimum Gasteiger partial charge on any atom is -0.545 e. The van der Waals surface area contributed by atoms with Crippen molar-refractivity contribution < 1.29 is 27.0 Å². The van der Waals surface area contributed by atoms with Crippen LogP contribution in [0.1, 0.15) is 10.4 Å². The predicted octanol–water partition coefficient (Wildman–Crippen LogP) is 1.45. The van der Waals surface area contributed by atoms with E-state index in [0.717, 1.165) is 16.1 Å². The minimum atomic E-state index is -1.13. The molecule has 0 amide bonds. The summed E-state index contributed by atoms with van der Waals surface area (Å²) in [5, 5.41) is 21.4. The zero-order valence-corrected chi connectivity index (χ0v) is 9.36. The number of fused-ring (bicyclic) bond motifs is 1. The molecule has 0 bridgehead atoms. The van der Waals surface area contributed by atoms with Crippen LogP contribution >= 0.6 is 0 Å². The van der Waals surface area contributed by atoms with E-state index in [4.69, 9.17) is 10.1 Å². The van der Waals surface area contributed by atoms with E-state index in [1.165, 1.54) is 0 Å². The molecule has 0 saturated carbocycles. The Bertz CT molecular complexity index is 510. The molecule has 6 heteroatoms. The van der Waals surface area contributed by atoms with Crippen LogP contribution in [0.3, 0.4) is 0 Å². The zero-order valence-electron chi connectivity index (χ0n) is 8.42. The SMILES string of the molecule is O=C([O-])c1cccc2ccccc12.O=N[O-].[Cu+]. The third kappa shape index (κ3) is 3.86. The van der Waals surface area contributed by atoms with Crippen molar-refractivity contribution >= 4 is 16.7 Å². The maximum Gasteiger partial charge on any atom is 1.00 e. The average Bonchev–Trinajstić information content (AvgIpc) is 2.29. The standard InChI is InChI=1S/C11H8O2.Cu.HNO2/c12-11(13)10-7-3-5-8-4-1-2-6-9(8)10;;2-1-3/h1-7H,(H,12,13);;(H,2,3)/q;+1;/p-2. The second kappa shape index (κ2) is 7.38. The van der Waals surface area contributed by atoms with Crippen LogP contribution in [-0.4, -0.2) is 5.97 Å². The fourth-order valence-corrected chi connectivity index (χ4v) is 1.40. The molecular formula is C11H7CuNO4-. The molecule has 0 aliphatic carbocycles. The minimum absolute atomic E-state index is 0. The Morgan fingerprint density at radius 3 is 2.18 bits per heavy atom. The van der Waals surface area contributed by atoms with Gasteiger partial charge in [0, 0.05) is 5.56 Å². The van der Waals surface area contributed by atoms with Crippen molar-refractivity contribution in [3.8, 4) is 0 Å². The quantitative estimate of drug-likeness (QED) is 0.449. The Kier molecular flexibility index (Phi) is 6.55. The number of rotatable bonds is 1. The topological polar surface area (TPSA) is 92.6 Å². The first-order valence-corrected chi connectivity index (χ1v) is 4.34. The molecule has 0 aliphatic heterocycles. The summed E-state index contributed by atoms with van der Waals surface area (Å²) in [6, 6.07) is 12.5. The van der Waals surface area contributed by atoms with Crippen LogP contribution in [0.2, 0.25) is 0 Å². The van der Waals surface area contributed by atoms with Gasteiger partial charge in [0.1, 0.15) is 0 Å². The van der Waals surface area contributed by atoms with Crippen LogP contribution in [-0.2, 0) is 17.1 Å². The Morgan fingerprint density at radius 2 is 1.59 bits per heavy atom. The monoisotopic (exact) mass is 280 g/mol. The summed E-state index contributed by atoms with van der Waals surface area (Å²) in [7, 11) is 0. The second-order valence-corrected chi connectivity index (χ2v) is 2.89. The molecule has 2 aromatic rings. The van der Waals surface area contributed by atoms with E-state index < -0.39 is 5.97 Å². The van der Waals surface area contributed by atoms with Gasteiger partial charge in [-0.3, -0.25) is 0 Å². The van der Waals surface area contributed by atoms with E-state index in [-0.39, 0.29) is 22.6 Å². The van der Waals surface area contributed by atoms with Crippen molar-refractivity contribution in [2.75, 3.05) is 0 Å². The first-order chi connectivity index (χ1) is 7.70. The van der Waals surface area contributed by atoms with Gasteiger partial charge in [-0.1, -0.05) is 42.5 Å². The number of carbonyl (C=O) groups excluding carboxylic acids is 1. The summed E-state index contributed by atoms with van der Waals surface area (Å²) >= 11 is 0. The largest absolute Gasteiger partial charge is 1.00 e. The molecule has 0 fully saturated rings. The van der Waals surface area contributed by atoms with E-state index in [0.29, 0.717) is 0 Å². The van der Waals surface area contributed by atoms with Gasteiger partial charge < -0.3 is 20.0 Å². The first kappa shape index (κ1) is 15.1. The molecule has 0 N–H and O–H groups in total. The maximum atomic E-state index is 10.7. The van der Waals surface area contributed by atoms with Crippen molar-refractivity contribution in [3.05, 3.63) is 58.1 Å². The molecule has 0 aliphatic rings. The van der Waals surface area contributed by atoms with Gasteiger partial charge in [-0.15, -0.1) is 5.34 Å². The molecular weight excluding hydrogens is 274 g/mol. The molecule has 5 nitrogen and oxygen atoms in total. The number of hydrogen-bond donors (Lipinski definition) is 0. The Labute approximate surface area is 107 Å². The van der Waals surface area contributed by atoms with Gasteiger partial charge in [-0.2, -0.15) is 0 Å². The number of carboxylic acids is 1. The van der Waals surface area contributed by atoms with E-state index >= 15 is 0 Å². The normalized spacial score (nSPS) is 8.47. The predicted molar refractivity (Wildman–Crippen MR) is 57.4 cm³/mol. The van der Waals surface area contributed by atoms with Crippen LogP contribution in [0, 0.1) is 10.1 Å². The number of carbonyl (C=O) groups is 1. The first-order valence-electron chi connectivity index (χ1n) is 4.34. The van der Waals surface area contributed by atoms with Gasteiger partial charge in [-0.05, 0) is 10.8 Å². The van der Waals surface area contributed by atoms with E-state index in [2.05, 4.69) is 0 Å². The van der Waals surface area contributed by atoms with Gasteiger partial charge in [0.2, 0.25) is 0 Å². The number of benzene rings is 2. The summed E-state index contributed by atoms with van der Waals surface area (Å²) in [4.78, 5) is 18.7. The van der Waals surface area contributed by atoms with Crippen molar-refractivity contribution in [1.29, 1.82) is 0 Å². The van der Waals surface area contributed by atoms with Crippen LogP contribution < -0.4 is 5.11 Å². The van der Waals surface area contributed by atoms with Crippen molar-refractivity contribution in [2.24, 2.45) is 5.34 Å². The summed E-state index contributed by atoms with van der Waals surface area (Å²) in [6.45, 7) is 0. The van der Waals surface area contributed by atoms with Gasteiger partial charge in [0.25, 0.3) is 0 Å². The van der Waals surface area contributed by atoms with Crippen molar-refractivity contribution in [1.82, 2.24) is 0 Å². The summed E-state index contributed by atoms with van der Waals surface area (Å²) < 4.78 is 0. The molecule has 0 saturated heterocycles. The van der Waals surface area contributed by atoms with E-state index in [1.807, 2.05) is 24.3 Å². The average molecular weight is 281 g/mol. The van der Waals surface area contributed by atoms with Crippen LogP contribution in [0.5, 0.6) is 0 Å². The molecule has 0 atom stereocenters. The van der Waals surface area contributed by atoms with Crippen LogP contribution in [0.15, 0.2) is 47.8 Å². The molecule has 0 spiro atoms. The third-order valence-corrected chi connectivity index (χ3v) is 2.01. The second-order valence-electron chi connectivity index (χ2n) is 2.89. The van der Waals surface area contributed by atoms with Crippen molar-refractivity contribution in [2.45, 2.75) is 0 Å². The van der Waals surface area contributed by atoms with Gasteiger partial charge in [0.15, 0.2) is 0 Å². The number of aromatic carboxylic acids is 1. The van der Waals surface area contributed by atoms with Gasteiger partial charge in [0.05, 0.1) is 5.97 Å². The Morgan fingerprint density at radius 1 is 1.06 bits per heavy atom. The molecule has 0 heterocycles. The van der Waals surface area contributed by atoms with Crippen LogP contribution in [0.25, 0.3) is 10.8 Å². The fraction of sp³-hybridized carbons (Fsp3) is 0. The Hall–Kier alpha value is -1.91. The molecule has 0 radical (unpaired) electrons. The van der Waals surface area contributed by atoms with E-state index in [1.54, 1.807) is 18.2 Å². The number of hydrogen-bond acceptors (Lipinski definition) is 5. The van der Waals surface area contributed by atoms with Gasteiger partial charge in [-0.25, -0.2) is 0 Å². The zero-order chi connectivity index (χ0) is 12.0. The van der Waals surface area contributed by atoms with Gasteiger partial charge >= 0.3 is 17.1 Å². The molecule has 2 aromatic carbocycles. The molecule has 17 heavy (non-hydrogen) atoms. The molecule has 0 unspecified atom stereocenters. The van der Waals surface area contributed by atoms with E-state index in [9.17, 15) is 9.90 Å². The maximum absolute atomic E-state index is 10.7. The number of nitrogens with zero attached hydrogens (tertiary/aromatic N) is 1. The smallest absolute Gasteiger partial charge is 0.545 e. The molecule has 0 aromatic heterocycles. The summed E-state index contributed by atoms with van der Waals surface area (Å²) in [5.74, 6) is -1.13.